The topological polar surface area (TPSA) is 43.6 Å². The van der Waals surface area contributed by atoms with Crippen LogP contribution >= 0.6 is 0 Å². The van der Waals surface area contributed by atoms with Crippen molar-refractivity contribution >= 4 is 10.9 Å². The van der Waals surface area contributed by atoms with Gasteiger partial charge in [-0.1, -0.05) is 0 Å². The normalized spacial score (nSPS) is 10.9. The molecule has 0 amide bonds. The molecule has 0 spiro atoms. The molecule has 3 aromatic rings. The quantitative estimate of drug-likeness (QED) is 0.637. The highest BCUT2D eigenvalue weighted by molar-refractivity contribution is 5.81. The van der Waals surface area contributed by atoms with Crippen LogP contribution in [0.2, 0.25) is 0 Å². The second-order valence-electron chi connectivity index (χ2n) is 4.15. The van der Waals surface area contributed by atoms with E-state index in [9.17, 15) is 0 Å². The predicted octanol–water partition coefficient (Wildman–Crippen LogP) is 2.34. The Morgan fingerprint density at radius 3 is 2.76 bits per heavy atom. The van der Waals surface area contributed by atoms with Gasteiger partial charge in [0.25, 0.3) is 0 Å². The number of hydrogen-bond donors (Lipinski definition) is 0. The fourth-order valence-corrected chi connectivity index (χ4v) is 1.87. The molecule has 0 N–H and O–H groups in total. The fraction of sp³-hybridized carbons (Fsp3) is 0.154. The highest BCUT2D eigenvalue weighted by Crippen LogP contribution is 2.19. The van der Waals surface area contributed by atoms with E-state index >= 15 is 0 Å². The summed E-state index contributed by atoms with van der Waals surface area (Å²) >= 11 is 0. The minimum atomic E-state index is 0.884. The Hall–Kier alpha value is -2.23. The Bertz CT molecular complexity index is 685. The molecule has 3 rings (SSSR count). The summed E-state index contributed by atoms with van der Waals surface area (Å²) in [6.07, 6.45) is 5.57. The summed E-state index contributed by atoms with van der Waals surface area (Å²) in [6, 6.07) is 6.03. The lowest BCUT2D eigenvalue weighted by Crippen LogP contribution is -1.87. The summed E-state index contributed by atoms with van der Waals surface area (Å²) < 4.78 is 1.79. The van der Waals surface area contributed by atoms with Crippen molar-refractivity contribution in [1.82, 2.24) is 19.7 Å². The summed E-state index contributed by atoms with van der Waals surface area (Å²) in [5.41, 5.74) is 3.87. The first-order chi connectivity index (χ1) is 8.22. The highest BCUT2D eigenvalue weighted by atomic mass is 15.2. The van der Waals surface area contributed by atoms with E-state index < -0.39 is 0 Å². The van der Waals surface area contributed by atoms with Crippen molar-refractivity contribution in [3.63, 3.8) is 0 Å². The van der Waals surface area contributed by atoms with Gasteiger partial charge in [-0.2, -0.15) is 5.10 Å². The third-order valence-electron chi connectivity index (χ3n) is 2.68. The Morgan fingerprint density at radius 1 is 1.12 bits per heavy atom. The van der Waals surface area contributed by atoms with Crippen molar-refractivity contribution in [2.75, 3.05) is 0 Å². The number of fused-ring (bicyclic) bond motifs is 1. The van der Waals surface area contributed by atoms with Gasteiger partial charge >= 0.3 is 0 Å². The molecule has 4 nitrogen and oxygen atoms in total. The maximum absolute atomic E-state index is 4.39. The maximum atomic E-state index is 4.39. The zero-order valence-corrected chi connectivity index (χ0v) is 9.75. The van der Waals surface area contributed by atoms with Crippen molar-refractivity contribution in [3.8, 4) is 11.4 Å². The Morgan fingerprint density at radius 2 is 1.94 bits per heavy atom. The van der Waals surface area contributed by atoms with Crippen LogP contribution in [-0.2, 0) is 7.05 Å². The molecule has 3 heterocycles. The van der Waals surface area contributed by atoms with Crippen LogP contribution in [0.15, 0.2) is 36.8 Å². The minimum Gasteiger partial charge on any atom is -0.275 e. The molecule has 0 aliphatic rings. The Labute approximate surface area is 98.9 Å². The smallest absolute Gasteiger partial charge is 0.111 e. The average molecular weight is 224 g/mol. The third-order valence-corrected chi connectivity index (χ3v) is 2.68. The van der Waals surface area contributed by atoms with Crippen LogP contribution in [0.5, 0.6) is 0 Å². The average Bonchev–Trinajstić information content (AvgIpc) is 2.68. The molecule has 84 valence electrons. The molecule has 0 bridgehead atoms. The van der Waals surface area contributed by atoms with Gasteiger partial charge in [0.15, 0.2) is 0 Å². The number of hydrogen-bond acceptors (Lipinski definition) is 3. The Balaban J connectivity index is 2.17. The van der Waals surface area contributed by atoms with Gasteiger partial charge in [-0.25, -0.2) is 0 Å². The molecule has 0 radical (unpaired) electrons. The van der Waals surface area contributed by atoms with E-state index in [0.29, 0.717) is 0 Å². The molecule has 4 heteroatoms. The predicted molar refractivity (Wildman–Crippen MR) is 66.5 cm³/mol. The number of aromatic nitrogens is 4. The lowest BCUT2D eigenvalue weighted by molar-refractivity contribution is 0.779. The zero-order valence-electron chi connectivity index (χ0n) is 9.75. The zero-order chi connectivity index (χ0) is 11.8. The van der Waals surface area contributed by atoms with Gasteiger partial charge in [0.05, 0.1) is 17.6 Å². The van der Waals surface area contributed by atoms with Crippen LogP contribution in [0.3, 0.4) is 0 Å². The molecule has 0 atom stereocenters. The van der Waals surface area contributed by atoms with Crippen molar-refractivity contribution in [2.45, 2.75) is 6.92 Å². The van der Waals surface area contributed by atoms with Crippen LogP contribution in [0.1, 0.15) is 5.56 Å². The van der Waals surface area contributed by atoms with Crippen LogP contribution in [0.4, 0.5) is 0 Å². The van der Waals surface area contributed by atoms with Gasteiger partial charge in [0, 0.05) is 24.8 Å². The molecule has 17 heavy (non-hydrogen) atoms. The highest BCUT2D eigenvalue weighted by Gasteiger charge is 2.04. The molecule has 0 saturated heterocycles. The largest absolute Gasteiger partial charge is 0.275 e. The van der Waals surface area contributed by atoms with Gasteiger partial charge in [-0.05, 0) is 30.7 Å². The first-order valence-electron chi connectivity index (χ1n) is 5.45. The number of aryl methyl sites for hydroxylation is 2. The Kier molecular flexibility index (Phi) is 2.14. The second-order valence-corrected chi connectivity index (χ2v) is 4.15. The maximum Gasteiger partial charge on any atom is 0.111 e. The SMILES string of the molecule is Cc1ccnc(-c2cc3cn(C)nc3cn2)c1. The van der Waals surface area contributed by atoms with Crippen molar-refractivity contribution in [3.05, 3.63) is 42.4 Å². The first kappa shape index (κ1) is 9.96. The van der Waals surface area contributed by atoms with Gasteiger partial charge in [-0.3, -0.25) is 14.6 Å². The van der Waals surface area contributed by atoms with E-state index in [-0.39, 0.29) is 0 Å². The van der Waals surface area contributed by atoms with Crippen molar-refractivity contribution in [2.24, 2.45) is 7.05 Å². The van der Waals surface area contributed by atoms with Crippen LogP contribution in [0.25, 0.3) is 22.3 Å². The first-order valence-corrected chi connectivity index (χ1v) is 5.45. The van der Waals surface area contributed by atoms with E-state index in [4.69, 9.17) is 0 Å². The molecule has 0 aliphatic heterocycles. The lowest BCUT2D eigenvalue weighted by Gasteiger charge is -2.00. The summed E-state index contributed by atoms with van der Waals surface area (Å²) in [5, 5.41) is 5.38. The van der Waals surface area contributed by atoms with Gasteiger partial charge in [0.2, 0.25) is 0 Å². The van der Waals surface area contributed by atoms with E-state index in [1.807, 2.05) is 38.4 Å². The van der Waals surface area contributed by atoms with Crippen LogP contribution < -0.4 is 0 Å². The number of nitrogens with zero attached hydrogens (tertiary/aromatic N) is 4. The molecule has 0 aromatic carbocycles. The monoisotopic (exact) mass is 224 g/mol. The van der Waals surface area contributed by atoms with Crippen LogP contribution in [0, 0.1) is 6.92 Å². The standard InChI is InChI=1S/C13H12N4/c1-9-3-4-14-11(5-9)12-6-10-8-17(2)16-13(10)7-15-12/h3-8H,1-2H3. The summed E-state index contributed by atoms with van der Waals surface area (Å²) in [6.45, 7) is 2.05. The molecule has 0 fully saturated rings. The molecule has 0 saturated carbocycles. The van der Waals surface area contributed by atoms with Gasteiger partial charge in [-0.15, -0.1) is 0 Å². The molecular weight excluding hydrogens is 212 g/mol. The molecule has 3 aromatic heterocycles. The summed E-state index contributed by atoms with van der Waals surface area (Å²) in [4.78, 5) is 8.73. The number of pyridine rings is 2. The van der Waals surface area contributed by atoms with E-state index in [2.05, 4.69) is 15.1 Å². The van der Waals surface area contributed by atoms with E-state index in [1.165, 1.54) is 5.56 Å². The summed E-state index contributed by atoms with van der Waals surface area (Å²) in [5.74, 6) is 0. The van der Waals surface area contributed by atoms with Gasteiger partial charge < -0.3 is 0 Å². The number of rotatable bonds is 1. The van der Waals surface area contributed by atoms with Crippen molar-refractivity contribution < 1.29 is 0 Å². The third kappa shape index (κ3) is 1.78. The molecular formula is C13H12N4. The fourth-order valence-electron chi connectivity index (χ4n) is 1.87. The summed E-state index contributed by atoms with van der Waals surface area (Å²) in [7, 11) is 1.91. The van der Waals surface area contributed by atoms with Crippen molar-refractivity contribution in [1.29, 1.82) is 0 Å². The molecule has 0 aliphatic carbocycles. The van der Waals surface area contributed by atoms with E-state index in [1.54, 1.807) is 17.1 Å². The van der Waals surface area contributed by atoms with E-state index in [0.717, 1.165) is 22.3 Å². The minimum absolute atomic E-state index is 0.884. The second kappa shape index (κ2) is 3.66. The lowest BCUT2D eigenvalue weighted by atomic mass is 10.2. The van der Waals surface area contributed by atoms with Gasteiger partial charge in [0.1, 0.15) is 5.52 Å². The molecule has 0 unspecified atom stereocenters. The van der Waals surface area contributed by atoms with Crippen LogP contribution in [-0.4, -0.2) is 19.7 Å².